The van der Waals surface area contributed by atoms with Crippen molar-refractivity contribution in [1.82, 2.24) is 5.43 Å². The Kier molecular flexibility index (Phi) is 4.82. The van der Waals surface area contributed by atoms with Crippen molar-refractivity contribution < 1.29 is 4.79 Å². The molecular formula is C21H18N2O. The van der Waals surface area contributed by atoms with Crippen LogP contribution in [0.3, 0.4) is 0 Å². The van der Waals surface area contributed by atoms with Crippen molar-refractivity contribution in [2.75, 3.05) is 0 Å². The van der Waals surface area contributed by atoms with Crippen molar-refractivity contribution in [2.24, 2.45) is 5.10 Å². The molecule has 0 saturated carbocycles. The number of hydrogen-bond donors (Lipinski definition) is 1. The van der Waals surface area contributed by atoms with Crippen molar-refractivity contribution in [3.8, 4) is 11.1 Å². The van der Waals surface area contributed by atoms with Gasteiger partial charge in [0.1, 0.15) is 0 Å². The molecule has 3 rings (SSSR count). The highest BCUT2D eigenvalue weighted by Crippen LogP contribution is 2.18. The highest BCUT2D eigenvalue weighted by Gasteiger charge is 2.02. The van der Waals surface area contributed by atoms with E-state index in [1.54, 1.807) is 18.3 Å². The van der Waals surface area contributed by atoms with Gasteiger partial charge in [-0.05, 0) is 35.7 Å². The molecule has 0 atom stereocenters. The zero-order valence-electron chi connectivity index (χ0n) is 13.4. The lowest BCUT2D eigenvalue weighted by Gasteiger charge is -2.02. The topological polar surface area (TPSA) is 41.5 Å². The normalized spacial score (nSPS) is 10.7. The minimum atomic E-state index is -0.216. The SMILES string of the molecule is Cc1ccc(C(=O)N/N=C/c2ccc(-c3ccccc3)cc2)cc1. The third-order valence-corrected chi connectivity index (χ3v) is 3.71. The Balaban J connectivity index is 1.62. The van der Waals surface area contributed by atoms with Crippen LogP contribution in [0.4, 0.5) is 0 Å². The standard InChI is InChI=1S/C21H18N2O/c1-16-7-11-20(12-8-16)21(24)23-22-15-17-9-13-19(14-10-17)18-5-3-2-4-6-18/h2-15H,1H3,(H,23,24)/b22-15+. The first-order chi connectivity index (χ1) is 11.7. The number of benzene rings is 3. The van der Waals surface area contributed by atoms with Crippen LogP contribution in [-0.4, -0.2) is 12.1 Å². The summed E-state index contributed by atoms with van der Waals surface area (Å²) in [6.07, 6.45) is 1.64. The summed E-state index contributed by atoms with van der Waals surface area (Å²) in [7, 11) is 0. The molecule has 0 aliphatic heterocycles. The predicted octanol–water partition coefficient (Wildman–Crippen LogP) is 4.43. The van der Waals surface area contributed by atoms with Gasteiger partial charge in [0.05, 0.1) is 6.21 Å². The van der Waals surface area contributed by atoms with Crippen LogP contribution >= 0.6 is 0 Å². The molecular weight excluding hydrogens is 296 g/mol. The fourth-order valence-electron chi connectivity index (χ4n) is 2.33. The lowest BCUT2D eigenvalue weighted by Crippen LogP contribution is -2.17. The van der Waals surface area contributed by atoms with Gasteiger partial charge < -0.3 is 0 Å². The van der Waals surface area contributed by atoms with Crippen molar-refractivity contribution in [3.05, 3.63) is 95.6 Å². The van der Waals surface area contributed by atoms with Crippen LogP contribution in [0.25, 0.3) is 11.1 Å². The van der Waals surface area contributed by atoms with Gasteiger partial charge in [-0.15, -0.1) is 0 Å². The van der Waals surface area contributed by atoms with Gasteiger partial charge in [-0.25, -0.2) is 5.43 Å². The summed E-state index contributed by atoms with van der Waals surface area (Å²) < 4.78 is 0. The van der Waals surface area contributed by atoms with Gasteiger partial charge >= 0.3 is 0 Å². The second-order valence-electron chi connectivity index (χ2n) is 5.55. The minimum absolute atomic E-state index is 0.216. The summed E-state index contributed by atoms with van der Waals surface area (Å²) in [6.45, 7) is 1.99. The number of nitrogens with one attached hydrogen (secondary N) is 1. The molecule has 0 radical (unpaired) electrons. The number of rotatable bonds is 4. The molecule has 0 bridgehead atoms. The van der Waals surface area contributed by atoms with Crippen molar-refractivity contribution in [1.29, 1.82) is 0 Å². The molecule has 0 aliphatic carbocycles. The number of carbonyl (C=O) groups is 1. The maximum Gasteiger partial charge on any atom is 0.271 e. The Morgan fingerprint density at radius 3 is 2.12 bits per heavy atom. The van der Waals surface area contributed by atoms with Crippen molar-refractivity contribution >= 4 is 12.1 Å². The molecule has 0 heterocycles. The van der Waals surface area contributed by atoms with Gasteiger partial charge in [-0.3, -0.25) is 4.79 Å². The first kappa shape index (κ1) is 15.7. The van der Waals surface area contributed by atoms with Crippen LogP contribution in [-0.2, 0) is 0 Å². The predicted molar refractivity (Wildman–Crippen MR) is 98.1 cm³/mol. The molecule has 24 heavy (non-hydrogen) atoms. The number of hydrogen-bond acceptors (Lipinski definition) is 2. The fourth-order valence-corrected chi connectivity index (χ4v) is 2.33. The average Bonchev–Trinajstić information content (AvgIpc) is 2.63. The maximum absolute atomic E-state index is 12.0. The summed E-state index contributed by atoms with van der Waals surface area (Å²) in [5, 5.41) is 4.02. The molecule has 0 aromatic heterocycles. The number of hydrazone groups is 1. The fraction of sp³-hybridized carbons (Fsp3) is 0.0476. The summed E-state index contributed by atoms with van der Waals surface area (Å²) in [5.74, 6) is -0.216. The van der Waals surface area contributed by atoms with E-state index in [1.165, 1.54) is 5.56 Å². The molecule has 3 nitrogen and oxygen atoms in total. The van der Waals surface area contributed by atoms with Crippen LogP contribution in [0.5, 0.6) is 0 Å². The Morgan fingerprint density at radius 1 is 0.833 bits per heavy atom. The van der Waals surface area contributed by atoms with Crippen LogP contribution in [0.1, 0.15) is 21.5 Å². The molecule has 118 valence electrons. The maximum atomic E-state index is 12.0. The zero-order valence-corrected chi connectivity index (χ0v) is 13.4. The number of amides is 1. The molecule has 0 spiro atoms. The molecule has 1 amide bonds. The molecule has 1 N–H and O–H groups in total. The van der Waals surface area contributed by atoms with E-state index in [-0.39, 0.29) is 5.91 Å². The minimum Gasteiger partial charge on any atom is -0.267 e. The number of aryl methyl sites for hydroxylation is 1. The van der Waals surface area contributed by atoms with Gasteiger partial charge in [0.2, 0.25) is 0 Å². The van der Waals surface area contributed by atoms with Gasteiger partial charge in [0.25, 0.3) is 5.91 Å². The van der Waals surface area contributed by atoms with E-state index in [0.29, 0.717) is 5.56 Å². The van der Waals surface area contributed by atoms with E-state index in [9.17, 15) is 4.79 Å². The van der Waals surface area contributed by atoms with Crippen LogP contribution in [0.2, 0.25) is 0 Å². The Bertz CT molecular complexity index is 835. The van der Waals surface area contributed by atoms with Crippen molar-refractivity contribution in [3.63, 3.8) is 0 Å². The number of carbonyl (C=O) groups excluding carboxylic acids is 1. The van der Waals surface area contributed by atoms with E-state index in [4.69, 9.17) is 0 Å². The Morgan fingerprint density at radius 2 is 1.46 bits per heavy atom. The summed E-state index contributed by atoms with van der Waals surface area (Å²) >= 11 is 0. The second kappa shape index (κ2) is 7.38. The van der Waals surface area contributed by atoms with Gasteiger partial charge in [-0.1, -0.05) is 72.3 Å². The van der Waals surface area contributed by atoms with Gasteiger partial charge in [0, 0.05) is 5.56 Å². The lowest BCUT2D eigenvalue weighted by molar-refractivity contribution is 0.0955. The lowest BCUT2D eigenvalue weighted by atomic mass is 10.0. The third kappa shape index (κ3) is 3.96. The summed E-state index contributed by atoms with van der Waals surface area (Å²) in [4.78, 5) is 12.0. The Hall–Kier alpha value is -3.20. The molecule has 0 unspecified atom stereocenters. The van der Waals surface area contributed by atoms with E-state index in [0.717, 1.165) is 16.7 Å². The summed E-state index contributed by atoms with van der Waals surface area (Å²) in [6, 6.07) is 25.6. The van der Waals surface area contributed by atoms with Gasteiger partial charge in [0.15, 0.2) is 0 Å². The summed E-state index contributed by atoms with van der Waals surface area (Å²) in [5.41, 5.74) is 7.51. The van der Waals surface area contributed by atoms with Crippen LogP contribution in [0, 0.1) is 6.92 Å². The second-order valence-corrected chi connectivity index (χ2v) is 5.55. The highest BCUT2D eigenvalue weighted by atomic mass is 16.2. The molecule has 3 heteroatoms. The van der Waals surface area contributed by atoms with Gasteiger partial charge in [-0.2, -0.15) is 5.10 Å². The van der Waals surface area contributed by atoms with E-state index in [1.807, 2.05) is 61.5 Å². The monoisotopic (exact) mass is 314 g/mol. The highest BCUT2D eigenvalue weighted by molar-refractivity contribution is 5.94. The molecule has 0 fully saturated rings. The van der Waals surface area contributed by atoms with Crippen LogP contribution in [0.15, 0.2) is 84.0 Å². The van der Waals surface area contributed by atoms with E-state index in [2.05, 4.69) is 22.7 Å². The van der Waals surface area contributed by atoms with E-state index >= 15 is 0 Å². The third-order valence-electron chi connectivity index (χ3n) is 3.71. The first-order valence-corrected chi connectivity index (χ1v) is 7.78. The van der Waals surface area contributed by atoms with E-state index < -0.39 is 0 Å². The molecule has 0 aliphatic rings. The van der Waals surface area contributed by atoms with Crippen molar-refractivity contribution in [2.45, 2.75) is 6.92 Å². The van der Waals surface area contributed by atoms with Crippen LogP contribution < -0.4 is 5.43 Å². The average molecular weight is 314 g/mol. The quantitative estimate of drug-likeness (QED) is 0.562. The first-order valence-electron chi connectivity index (χ1n) is 7.78. The largest absolute Gasteiger partial charge is 0.271 e. The molecule has 0 saturated heterocycles. The Labute approximate surface area is 141 Å². The molecule has 3 aromatic rings. The smallest absolute Gasteiger partial charge is 0.267 e. The number of nitrogens with zero attached hydrogens (tertiary/aromatic N) is 1. The molecule has 3 aromatic carbocycles. The zero-order chi connectivity index (χ0) is 16.8.